The molecule has 136 valence electrons. The molecule has 0 aliphatic heterocycles. The van der Waals surface area contributed by atoms with Crippen LogP contribution in [-0.2, 0) is 6.54 Å². The standard InChI is InChI=1S/C20H25N5S/c1-3-21-20(22-14-16(2)19-9-5-12-26-19)23-15-17-7-4-8-18(13-17)25-11-6-10-24-25/h4-13,16H,3,14-15H2,1-2H3,(H2,21,22,23). The minimum absolute atomic E-state index is 0.460. The van der Waals surface area contributed by atoms with Crippen LogP contribution in [0.15, 0.2) is 65.2 Å². The van der Waals surface area contributed by atoms with Crippen molar-refractivity contribution in [2.24, 2.45) is 4.99 Å². The Labute approximate surface area is 158 Å². The monoisotopic (exact) mass is 367 g/mol. The van der Waals surface area contributed by atoms with E-state index < -0.39 is 0 Å². The third-order valence-corrected chi connectivity index (χ3v) is 5.15. The number of nitrogens with zero attached hydrogens (tertiary/aromatic N) is 3. The van der Waals surface area contributed by atoms with E-state index in [0.717, 1.165) is 30.3 Å². The highest BCUT2D eigenvalue weighted by molar-refractivity contribution is 7.10. The Morgan fingerprint density at radius 2 is 2.15 bits per heavy atom. The lowest BCUT2D eigenvalue weighted by atomic mass is 10.1. The lowest BCUT2D eigenvalue weighted by molar-refractivity contribution is 0.709. The zero-order valence-electron chi connectivity index (χ0n) is 15.2. The van der Waals surface area contributed by atoms with Crippen LogP contribution in [0.5, 0.6) is 0 Å². The van der Waals surface area contributed by atoms with Crippen molar-refractivity contribution in [2.45, 2.75) is 26.3 Å². The van der Waals surface area contributed by atoms with Gasteiger partial charge in [-0.2, -0.15) is 5.10 Å². The summed E-state index contributed by atoms with van der Waals surface area (Å²) in [6.45, 7) is 6.64. The summed E-state index contributed by atoms with van der Waals surface area (Å²) in [7, 11) is 0. The second-order valence-electron chi connectivity index (χ2n) is 6.11. The fraction of sp³-hybridized carbons (Fsp3) is 0.300. The molecule has 1 unspecified atom stereocenters. The van der Waals surface area contributed by atoms with Gasteiger partial charge in [0.05, 0.1) is 12.2 Å². The minimum Gasteiger partial charge on any atom is -0.357 e. The maximum Gasteiger partial charge on any atom is 0.191 e. The number of hydrogen-bond acceptors (Lipinski definition) is 3. The Morgan fingerprint density at radius 1 is 1.23 bits per heavy atom. The van der Waals surface area contributed by atoms with Gasteiger partial charge < -0.3 is 10.6 Å². The first-order valence-corrected chi connectivity index (χ1v) is 9.78. The van der Waals surface area contributed by atoms with Crippen molar-refractivity contribution >= 4 is 17.3 Å². The molecule has 2 N–H and O–H groups in total. The predicted molar refractivity (Wildman–Crippen MR) is 109 cm³/mol. The summed E-state index contributed by atoms with van der Waals surface area (Å²) in [6.07, 6.45) is 3.73. The van der Waals surface area contributed by atoms with Crippen LogP contribution in [0, 0.1) is 0 Å². The molecule has 0 fully saturated rings. The molecule has 6 heteroatoms. The normalized spacial score (nSPS) is 12.8. The highest BCUT2D eigenvalue weighted by Crippen LogP contribution is 2.19. The largest absolute Gasteiger partial charge is 0.357 e. The molecule has 0 amide bonds. The zero-order chi connectivity index (χ0) is 18.2. The summed E-state index contributed by atoms with van der Waals surface area (Å²) < 4.78 is 1.86. The quantitative estimate of drug-likeness (QED) is 0.493. The van der Waals surface area contributed by atoms with Gasteiger partial charge in [-0.3, -0.25) is 0 Å². The summed E-state index contributed by atoms with van der Waals surface area (Å²) >= 11 is 1.80. The number of aromatic nitrogens is 2. The molecule has 1 atom stereocenters. The number of nitrogens with one attached hydrogen (secondary N) is 2. The molecule has 2 aromatic heterocycles. The maximum atomic E-state index is 4.73. The molecule has 0 radical (unpaired) electrons. The van der Waals surface area contributed by atoms with Crippen LogP contribution in [-0.4, -0.2) is 28.8 Å². The van der Waals surface area contributed by atoms with Crippen LogP contribution in [0.1, 0.15) is 30.2 Å². The number of aliphatic imine (C=N–C) groups is 1. The number of hydrogen-bond donors (Lipinski definition) is 2. The van der Waals surface area contributed by atoms with Crippen molar-refractivity contribution in [1.82, 2.24) is 20.4 Å². The van der Waals surface area contributed by atoms with E-state index >= 15 is 0 Å². The zero-order valence-corrected chi connectivity index (χ0v) is 16.0. The third-order valence-electron chi connectivity index (χ3n) is 4.05. The van der Waals surface area contributed by atoms with E-state index in [0.29, 0.717) is 12.5 Å². The average Bonchev–Trinajstić information content (AvgIpc) is 3.38. The molecule has 0 aliphatic rings. The van der Waals surface area contributed by atoms with Crippen LogP contribution < -0.4 is 10.6 Å². The van der Waals surface area contributed by atoms with Gasteiger partial charge in [0.15, 0.2) is 5.96 Å². The maximum absolute atomic E-state index is 4.73. The van der Waals surface area contributed by atoms with Crippen molar-refractivity contribution in [1.29, 1.82) is 0 Å². The molecule has 0 spiro atoms. The van der Waals surface area contributed by atoms with Gasteiger partial charge in [-0.05, 0) is 42.1 Å². The summed E-state index contributed by atoms with van der Waals surface area (Å²) in [5.41, 5.74) is 2.20. The van der Waals surface area contributed by atoms with E-state index in [1.807, 2.05) is 29.1 Å². The smallest absolute Gasteiger partial charge is 0.191 e. The second-order valence-corrected chi connectivity index (χ2v) is 7.09. The molecule has 5 nitrogen and oxygen atoms in total. The number of rotatable bonds is 7. The van der Waals surface area contributed by atoms with E-state index in [1.165, 1.54) is 4.88 Å². The first-order valence-electron chi connectivity index (χ1n) is 8.91. The molecular weight excluding hydrogens is 342 g/mol. The summed E-state index contributed by atoms with van der Waals surface area (Å²) in [5, 5.41) is 13.2. The van der Waals surface area contributed by atoms with E-state index in [9.17, 15) is 0 Å². The highest BCUT2D eigenvalue weighted by Gasteiger charge is 2.07. The molecule has 2 heterocycles. The molecular formula is C20H25N5S. The van der Waals surface area contributed by atoms with E-state index in [-0.39, 0.29) is 0 Å². The Hall–Kier alpha value is -2.60. The second kappa shape index (κ2) is 9.20. The van der Waals surface area contributed by atoms with Crippen LogP contribution in [0.3, 0.4) is 0 Å². The van der Waals surface area contributed by atoms with Crippen LogP contribution >= 0.6 is 11.3 Å². The average molecular weight is 368 g/mol. The number of benzene rings is 1. The van der Waals surface area contributed by atoms with E-state index in [4.69, 9.17) is 4.99 Å². The summed E-state index contributed by atoms with van der Waals surface area (Å²) in [5.74, 6) is 1.31. The number of guanidine groups is 1. The molecule has 3 rings (SSSR count). The van der Waals surface area contributed by atoms with Crippen LogP contribution in [0.2, 0.25) is 0 Å². The fourth-order valence-corrected chi connectivity index (χ4v) is 3.44. The summed E-state index contributed by atoms with van der Waals surface area (Å²) in [4.78, 5) is 6.12. The molecule has 0 saturated carbocycles. The first-order chi connectivity index (χ1) is 12.8. The van der Waals surface area contributed by atoms with Gasteiger partial charge in [0.25, 0.3) is 0 Å². The molecule has 1 aromatic carbocycles. The van der Waals surface area contributed by atoms with Gasteiger partial charge in [0.2, 0.25) is 0 Å². The predicted octanol–water partition coefficient (Wildman–Crippen LogP) is 3.79. The van der Waals surface area contributed by atoms with Crippen molar-refractivity contribution in [3.05, 3.63) is 70.7 Å². The Balaban J connectivity index is 1.63. The third kappa shape index (κ3) is 4.95. The summed E-state index contributed by atoms with van der Waals surface area (Å²) in [6, 6.07) is 14.5. The fourth-order valence-electron chi connectivity index (χ4n) is 2.65. The molecule has 0 bridgehead atoms. The molecule has 0 saturated heterocycles. The highest BCUT2D eigenvalue weighted by atomic mass is 32.1. The minimum atomic E-state index is 0.460. The molecule has 0 aliphatic carbocycles. The van der Waals surface area contributed by atoms with Gasteiger partial charge in [0.1, 0.15) is 0 Å². The van der Waals surface area contributed by atoms with Gasteiger partial charge in [-0.25, -0.2) is 9.67 Å². The Morgan fingerprint density at radius 3 is 2.88 bits per heavy atom. The first kappa shape index (κ1) is 18.2. The van der Waals surface area contributed by atoms with E-state index in [2.05, 4.69) is 59.2 Å². The van der Waals surface area contributed by atoms with Gasteiger partial charge >= 0.3 is 0 Å². The lowest BCUT2D eigenvalue weighted by Crippen LogP contribution is -2.39. The van der Waals surface area contributed by atoms with Crippen LogP contribution in [0.25, 0.3) is 5.69 Å². The van der Waals surface area contributed by atoms with Gasteiger partial charge in [0, 0.05) is 36.3 Å². The van der Waals surface area contributed by atoms with Crippen molar-refractivity contribution in [2.75, 3.05) is 13.1 Å². The van der Waals surface area contributed by atoms with Crippen molar-refractivity contribution in [3.8, 4) is 5.69 Å². The van der Waals surface area contributed by atoms with Gasteiger partial charge in [-0.1, -0.05) is 25.1 Å². The Bertz CT molecular complexity index is 809. The van der Waals surface area contributed by atoms with E-state index in [1.54, 1.807) is 17.5 Å². The topological polar surface area (TPSA) is 54.2 Å². The van der Waals surface area contributed by atoms with Crippen molar-refractivity contribution in [3.63, 3.8) is 0 Å². The molecule has 3 aromatic rings. The van der Waals surface area contributed by atoms with Crippen molar-refractivity contribution < 1.29 is 0 Å². The lowest BCUT2D eigenvalue weighted by Gasteiger charge is -2.15. The number of thiophene rings is 1. The SMILES string of the molecule is CCNC(=NCc1cccc(-n2cccn2)c1)NCC(C)c1cccs1. The van der Waals surface area contributed by atoms with Gasteiger partial charge in [-0.15, -0.1) is 11.3 Å². The molecule has 26 heavy (non-hydrogen) atoms. The Kier molecular flexibility index (Phi) is 6.44. The van der Waals surface area contributed by atoms with Crippen LogP contribution in [0.4, 0.5) is 0 Å².